The second-order valence-corrected chi connectivity index (χ2v) is 21.3. The number of carbonyl (C=O) groups excluding carboxylic acids is 2. The van der Waals surface area contributed by atoms with Crippen molar-refractivity contribution in [2.45, 2.75) is 96.5 Å². The Labute approximate surface area is 307 Å². The highest BCUT2D eigenvalue weighted by Gasteiger charge is 2.47. The van der Waals surface area contributed by atoms with Gasteiger partial charge < -0.3 is 29.3 Å². The minimum Gasteiger partial charge on any atom is -0.495 e. The van der Waals surface area contributed by atoms with Gasteiger partial charge in [-0.25, -0.2) is 19.7 Å². The van der Waals surface area contributed by atoms with Crippen molar-refractivity contribution in [3.63, 3.8) is 0 Å². The van der Waals surface area contributed by atoms with Crippen molar-refractivity contribution in [3.05, 3.63) is 52.8 Å². The molecular formula is C37H51ClN6O6Si. The topological polar surface area (TPSA) is 137 Å². The Balaban J connectivity index is 1.43. The van der Waals surface area contributed by atoms with Gasteiger partial charge in [-0.3, -0.25) is 9.69 Å². The first-order valence-corrected chi connectivity index (χ1v) is 20.6. The maximum Gasteiger partial charge on any atom is 0.416 e. The van der Waals surface area contributed by atoms with Crippen LogP contribution >= 0.6 is 11.6 Å². The van der Waals surface area contributed by atoms with Crippen molar-refractivity contribution in [2.75, 3.05) is 43.7 Å². The van der Waals surface area contributed by atoms with Crippen LogP contribution in [0.1, 0.15) is 77.2 Å². The van der Waals surface area contributed by atoms with E-state index in [1.165, 1.54) is 7.11 Å². The summed E-state index contributed by atoms with van der Waals surface area (Å²) in [7, 11) is -0.591. The van der Waals surface area contributed by atoms with Crippen molar-refractivity contribution in [1.29, 1.82) is 0 Å². The summed E-state index contributed by atoms with van der Waals surface area (Å²) in [4.78, 5) is 42.1. The second kappa shape index (κ2) is 14.7. The third-order valence-electron chi connectivity index (χ3n) is 9.74. The molecule has 2 amide bonds. The van der Waals surface area contributed by atoms with Crippen molar-refractivity contribution >= 4 is 49.4 Å². The normalized spacial score (nSPS) is 18.3. The monoisotopic (exact) mass is 738 g/mol. The predicted molar refractivity (Wildman–Crippen MR) is 202 cm³/mol. The molecule has 2 aromatic heterocycles. The Morgan fingerprint density at radius 2 is 1.80 bits per heavy atom. The van der Waals surface area contributed by atoms with E-state index in [0.29, 0.717) is 60.8 Å². The molecule has 0 saturated carbocycles. The zero-order chi connectivity index (χ0) is 37.4. The third kappa shape index (κ3) is 8.82. The molecule has 1 unspecified atom stereocenters. The van der Waals surface area contributed by atoms with Crippen molar-refractivity contribution < 1.29 is 28.2 Å². The summed E-state index contributed by atoms with van der Waals surface area (Å²) in [6.45, 7) is 20.7. The van der Waals surface area contributed by atoms with Gasteiger partial charge in [0.25, 0.3) is 5.91 Å². The molecule has 2 aliphatic rings. The average molecular weight is 739 g/mol. The molecule has 1 fully saturated rings. The van der Waals surface area contributed by atoms with Gasteiger partial charge in [0.05, 0.1) is 29.1 Å². The van der Waals surface area contributed by atoms with Crippen molar-refractivity contribution in [2.24, 2.45) is 0 Å². The van der Waals surface area contributed by atoms with Crippen LogP contribution in [0.2, 0.25) is 23.2 Å². The minimum atomic E-state index is -2.11. The summed E-state index contributed by atoms with van der Waals surface area (Å²) in [6.07, 6.45) is 4.40. The number of halogens is 1. The summed E-state index contributed by atoms with van der Waals surface area (Å²) in [5, 5.41) is 6.52. The fourth-order valence-electron chi connectivity index (χ4n) is 5.71. The van der Waals surface area contributed by atoms with Gasteiger partial charge in [0.1, 0.15) is 17.2 Å². The molecule has 0 spiro atoms. The number of amides is 2. The molecule has 0 radical (unpaired) electrons. The van der Waals surface area contributed by atoms with Crippen LogP contribution in [0, 0.1) is 0 Å². The first-order valence-electron chi connectivity index (χ1n) is 17.3. The lowest BCUT2D eigenvalue weighted by Gasteiger charge is -2.39. The van der Waals surface area contributed by atoms with E-state index in [1.807, 2.05) is 26.8 Å². The number of carbonyl (C=O) groups is 2. The summed E-state index contributed by atoms with van der Waals surface area (Å²) >= 11 is 6.62. The number of ether oxygens (including phenoxy) is 3. The van der Waals surface area contributed by atoms with Gasteiger partial charge in [-0.1, -0.05) is 39.3 Å². The summed E-state index contributed by atoms with van der Waals surface area (Å²) in [6, 6.07) is 7.09. The van der Waals surface area contributed by atoms with Gasteiger partial charge in [-0.15, -0.1) is 0 Å². The van der Waals surface area contributed by atoms with Crippen LogP contribution in [-0.4, -0.2) is 80.4 Å². The van der Waals surface area contributed by atoms with Gasteiger partial charge in [0, 0.05) is 61.3 Å². The molecule has 14 heteroatoms. The molecule has 4 heterocycles. The number of rotatable bonds is 9. The molecule has 2 aliphatic heterocycles. The Bertz CT molecular complexity index is 1770. The Kier molecular flexibility index (Phi) is 11.1. The van der Waals surface area contributed by atoms with Gasteiger partial charge in [0.2, 0.25) is 5.95 Å². The highest BCUT2D eigenvalue weighted by Crippen LogP contribution is 2.44. The van der Waals surface area contributed by atoms with Crippen LogP contribution in [0.5, 0.6) is 5.75 Å². The number of nitrogens with zero attached hydrogens (tertiary/aromatic N) is 4. The first kappa shape index (κ1) is 38.4. The van der Waals surface area contributed by atoms with E-state index in [0.717, 1.165) is 24.0 Å². The van der Waals surface area contributed by atoms with Crippen LogP contribution in [0.25, 0.3) is 11.3 Å². The largest absolute Gasteiger partial charge is 0.495 e. The van der Waals surface area contributed by atoms with Crippen LogP contribution in [-0.2, 0) is 19.3 Å². The number of aromatic nitrogens is 3. The smallest absolute Gasteiger partial charge is 0.416 e. The minimum absolute atomic E-state index is 0.0184. The van der Waals surface area contributed by atoms with E-state index in [2.05, 4.69) is 56.4 Å². The van der Waals surface area contributed by atoms with Crippen LogP contribution in [0.4, 0.5) is 22.2 Å². The van der Waals surface area contributed by atoms with Gasteiger partial charge >= 0.3 is 6.09 Å². The number of benzene rings is 1. The highest BCUT2D eigenvalue weighted by molar-refractivity contribution is 6.74. The van der Waals surface area contributed by atoms with Gasteiger partial charge in [0.15, 0.2) is 8.32 Å². The molecular weight excluding hydrogens is 688 g/mol. The van der Waals surface area contributed by atoms with E-state index < -0.39 is 25.4 Å². The van der Waals surface area contributed by atoms with E-state index in [-0.39, 0.29) is 22.0 Å². The van der Waals surface area contributed by atoms with Gasteiger partial charge in [-0.2, -0.15) is 0 Å². The maximum absolute atomic E-state index is 13.4. The third-order valence-corrected chi connectivity index (χ3v) is 14.5. The molecule has 2 N–H and O–H groups in total. The lowest BCUT2D eigenvalue weighted by Crippen LogP contribution is -2.46. The van der Waals surface area contributed by atoms with Crippen molar-refractivity contribution in [3.8, 4) is 17.0 Å². The number of nitrogens with one attached hydrogen (secondary N) is 2. The standard InChI is InChI=1S/C37H51ClN6O6Si/c1-35(2,3)50-34(46)44-21-37(7,22-49-51(9,10)36(4,5)6)26-17-23(20-40-31(26)44)28-11-14-39-33(42-28)43-29-19-27(38)25(18-30(29)47-8)32(45)41-24-12-15-48-16-13-24/h11,14,17-20,24H,12-13,15-16,21-22H2,1-10H3,(H,41,45)(H,39,42,43). The van der Waals surface area contributed by atoms with E-state index in [9.17, 15) is 9.59 Å². The molecule has 51 heavy (non-hydrogen) atoms. The Morgan fingerprint density at radius 1 is 1.10 bits per heavy atom. The molecule has 1 saturated heterocycles. The summed E-state index contributed by atoms with van der Waals surface area (Å²) in [5.74, 6) is 0.971. The first-order chi connectivity index (χ1) is 23.8. The lowest BCUT2D eigenvalue weighted by atomic mass is 9.85. The number of pyridine rings is 1. The van der Waals surface area contributed by atoms with E-state index in [1.54, 1.807) is 35.5 Å². The lowest BCUT2D eigenvalue weighted by molar-refractivity contribution is 0.0573. The number of anilines is 3. The quantitative estimate of drug-likeness (QED) is 0.209. The maximum atomic E-state index is 13.4. The molecule has 5 rings (SSSR count). The fraction of sp³-hybridized carbons (Fsp3) is 0.541. The number of methoxy groups -OCH3 is 1. The van der Waals surface area contributed by atoms with E-state index in [4.69, 9.17) is 40.2 Å². The van der Waals surface area contributed by atoms with Gasteiger partial charge in [-0.05, 0) is 76.0 Å². The van der Waals surface area contributed by atoms with Crippen LogP contribution < -0.4 is 20.3 Å². The zero-order valence-corrected chi connectivity index (χ0v) is 33.2. The SMILES string of the molecule is COc1cc(C(=O)NC2CCOCC2)c(Cl)cc1Nc1nccc(-c2cnc3c(c2)C(C)(CO[Si](C)(C)C(C)(C)C)CN3C(=O)OC(C)(C)C)n1. The highest BCUT2D eigenvalue weighted by atomic mass is 35.5. The molecule has 3 aromatic rings. The predicted octanol–water partition coefficient (Wildman–Crippen LogP) is 7.89. The Morgan fingerprint density at radius 3 is 2.45 bits per heavy atom. The van der Waals surface area contributed by atoms with Crippen molar-refractivity contribution in [1.82, 2.24) is 20.3 Å². The number of fused-ring (bicyclic) bond motifs is 1. The van der Waals surface area contributed by atoms with E-state index >= 15 is 0 Å². The molecule has 276 valence electrons. The zero-order valence-electron chi connectivity index (χ0n) is 31.4. The number of hydrogen-bond donors (Lipinski definition) is 2. The second-order valence-electron chi connectivity index (χ2n) is 16.1. The molecule has 12 nitrogen and oxygen atoms in total. The van der Waals surface area contributed by atoms with Crippen LogP contribution in [0.15, 0.2) is 36.7 Å². The molecule has 0 bridgehead atoms. The summed E-state index contributed by atoms with van der Waals surface area (Å²) in [5.41, 5.74) is 1.83. The number of hydrogen-bond acceptors (Lipinski definition) is 10. The summed E-state index contributed by atoms with van der Waals surface area (Å²) < 4.78 is 23.5. The van der Waals surface area contributed by atoms with Crippen LogP contribution in [0.3, 0.4) is 0 Å². The molecule has 0 aliphatic carbocycles. The Hall–Kier alpha value is -3.78. The molecule has 1 aromatic carbocycles. The fourth-order valence-corrected chi connectivity index (χ4v) is 7.07. The molecule has 1 atom stereocenters. The average Bonchev–Trinajstić information content (AvgIpc) is 3.35.